The van der Waals surface area contributed by atoms with Crippen molar-refractivity contribution in [2.45, 2.75) is 90.4 Å². The second-order valence-electron chi connectivity index (χ2n) is 16.9. The number of allylic oxidation sites excluding steroid dienone is 3. The number of nitriles is 2. The molecule has 4 aromatic heterocycles. The van der Waals surface area contributed by atoms with Crippen LogP contribution in [0.5, 0.6) is 0 Å². The number of nitrogens with zero attached hydrogens (tertiary/aromatic N) is 11. The number of aromatic nitrogens is 8. The average Bonchev–Trinajstić information content (AvgIpc) is 4.03. The van der Waals surface area contributed by atoms with Gasteiger partial charge >= 0.3 is 0 Å². The quantitative estimate of drug-likeness (QED) is 0.152. The van der Waals surface area contributed by atoms with Crippen LogP contribution in [0.2, 0.25) is 20.1 Å². The zero-order chi connectivity index (χ0) is 46.3. The van der Waals surface area contributed by atoms with Crippen LogP contribution in [0.3, 0.4) is 0 Å². The lowest BCUT2D eigenvalue weighted by atomic mass is 9.83. The molecular formula is C47H45Cl5N12O2. The van der Waals surface area contributed by atoms with E-state index < -0.39 is 0 Å². The first-order valence-corrected chi connectivity index (χ1v) is 22.9. The summed E-state index contributed by atoms with van der Waals surface area (Å²) in [6.07, 6.45) is 11.9. The number of nitrogens with two attached hydrogens (primary N) is 1. The van der Waals surface area contributed by atoms with Crippen LogP contribution in [0, 0.1) is 34.5 Å². The number of hydrogen-bond acceptors (Lipinski definition) is 11. The largest absolute Gasteiger partial charge is 0.368 e. The maximum absolute atomic E-state index is 11.9. The summed E-state index contributed by atoms with van der Waals surface area (Å²) in [7, 11) is 0. The van der Waals surface area contributed by atoms with Crippen LogP contribution in [0.15, 0.2) is 60.9 Å². The Labute approximate surface area is 407 Å². The number of halogens is 5. The van der Waals surface area contributed by atoms with Crippen LogP contribution >= 0.6 is 58.8 Å². The van der Waals surface area contributed by atoms with Gasteiger partial charge in [0.05, 0.1) is 41.9 Å². The van der Waals surface area contributed by atoms with E-state index >= 15 is 0 Å². The van der Waals surface area contributed by atoms with Crippen molar-refractivity contribution in [3.63, 3.8) is 0 Å². The Kier molecular flexibility index (Phi) is 14.8. The van der Waals surface area contributed by atoms with E-state index in [2.05, 4.69) is 50.2 Å². The van der Waals surface area contributed by atoms with Crippen molar-refractivity contribution in [1.82, 2.24) is 44.4 Å². The van der Waals surface area contributed by atoms with Crippen molar-refractivity contribution >= 4 is 104 Å². The van der Waals surface area contributed by atoms with Crippen LogP contribution < -0.4 is 5.73 Å². The van der Waals surface area contributed by atoms with Gasteiger partial charge in [-0.2, -0.15) is 20.7 Å². The van der Waals surface area contributed by atoms with Crippen molar-refractivity contribution in [2.75, 3.05) is 6.54 Å². The number of fused-ring (bicyclic) bond motifs is 2. The molecule has 1 amide bonds. The highest BCUT2D eigenvalue weighted by Gasteiger charge is 2.38. The first kappa shape index (κ1) is 48.5. The molecule has 2 aromatic carbocycles. The molecule has 2 N–H and O–H groups in total. The van der Waals surface area contributed by atoms with Gasteiger partial charge in [0.25, 0.3) is 0 Å². The number of hydrogen-bond donors (Lipinski definition) is 1. The highest BCUT2D eigenvalue weighted by molar-refractivity contribution is 6.35. The number of ketones is 1. The van der Waals surface area contributed by atoms with Crippen molar-refractivity contribution < 1.29 is 9.59 Å². The lowest BCUT2D eigenvalue weighted by molar-refractivity contribution is -0.123. The summed E-state index contributed by atoms with van der Waals surface area (Å²) in [6, 6.07) is 14.3. The van der Waals surface area contributed by atoms with Gasteiger partial charge in [0.1, 0.15) is 29.0 Å². The molecule has 19 heteroatoms. The van der Waals surface area contributed by atoms with Gasteiger partial charge in [-0.05, 0) is 105 Å². The zero-order valence-electron chi connectivity index (χ0n) is 36.4. The topological polar surface area (TPSA) is 198 Å². The fourth-order valence-corrected chi connectivity index (χ4v) is 10.3. The Morgan fingerprint density at radius 2 is 1.32 bits per heavy atom. The molecule has 5 heterocycles. The van der Waals surface area contributed by atoms with Crippen molar-refractivity contribution in [3.05, 3.63) is 115 Å². The van der Waals surface area contributed by atoms with Gasteiger partial charge in [-0.25, -0.2) is 29.3 Å². The second kappa shape index (κ2) is 20.2. The molecule has 6 aromatic rings. The minimum Gasteiger partial charge on any atom is -0.368 e. The molecule has 2 aliphatic carbocycles. The Bertz CT molecular complexity index is 3020. The lowest BCUT2D eigenvalue weighted by Gasteiger charge is -2.38. The van der Waals surface area contributed by atoms with Crippen LogP contribution in [0.25, 0.3) is 33.5 Å². The third kappa shape index (κ3) is 9.54. The fraction of sp³-hybridized carbons (Fsp3) is 0.362. The molecule has 3 aliphatic rings. The maximum atomic E-state index is 11.9. The van der Waals surface area contributed by atoms with E-state index in [-0.39, 0.29) is 65.6 Å². The molecule has 340 valence electrons. The number of rotatable bonds is 8. The summed E-state index contributed by atoms with van der Waals surface area (Å²) in [6.45, 7) is 8.91. The second-order valence-corrected chi connectivity index (χ2v) is 18.6. The Morgan fingerprint density at radius 1 is 0.803 bits per heavy atom. The van der Waals surface area contributed by atoms with E-state index in [0.717, 1.165) is 60.2 Å². The maximum Gasteiger partial charge on any atom is 0.234 e. The van der Waals surface area contributed by atoms with E-state index in [1.54, 1.807) is 46.0 Å². The van der Waals surface area contributed by atoms with E-state index in [9.17, 15) is 20.1 Å². The predicted molar refractivity (Wildman–Crippen MR) is 258 cm³/mol. The highest BCUT2D eigenvalue weighted by atomic mass is 35.5. The van der Waals surface area contributed by atoms with Crippen molar-refractivity contribution in [2.24, 2.45) is 17.6 Å². The van der Waals surface area contributed by atoms with E-state index in [4.69, 9.17) is 62.1 Å². The highest BCUT2D eigenvalue weighted by Crippen LogP contribution is 2.38. The number of primary amides is 1. The molecule has 3 unspecified atom stereocenters. The van der Waals surface area contributed by atoms with Gasteiger partial charge in [-0.1, -0.05) is 84.5 Å². The van der Waals surface area contributed by atoms with Gasteiger partial charge in [-0.15, -0.1) is 12.4 Å². The molecule has 0 spiro atoms. The molecule has 6 atom stereocenters. The summed E-state index contributed by atoms with van der Waals surface area (Å²) in [4.78, 5) is 44.8. The van der Waals surface area contributed by atoms with Gasteiger partial charge in [0.15, 0.2) is 22.7 Å². The van der Waals surface area contributed by atoms with Crippen molar-refractivity contribution in [1.29, 1.82) is 10.5 Å². The van der Waals surface area contributed by atoms with Gasteiger partial charge in [0.2, 0.25) is 5.91 Å². The van der Waals surface area contributed by atoms with Gasteiger partial charge in [-0.3, -0.25) is 14.5 Å². The molecule has 1 fully saturated rings. The molecule has 1 saturated heterocycles. The Balaban J connectivity index is 0.000000198. The minimum absolute atomic E-state index is 0. The normalized spacial score (nSPS) is 20.6. The molecule has 0 bridgehead atoms. The zero-order valence-corrected chi connectivity index (χ0v) is 40.3. The first-order chi connectivity index (χ1) is 31.2. The molecule has 0 saturated carbocycles. The summed E-state index contributed by atoms with van der Waals surface area (Å²) < 4.78 is 3.37. The summed E-state index contributed by atoms with van der Waals surface area (Å²) >= 11 is 24.9. The summed E-state index contributed by atoms with van der Waals surface area (Å²) in [5, 5.41) is 30.2. The number of carbonyl (C=O) groups excluding carboxylic acids is 2. The molecule has 0 radical (unpaired) electrons. The fourth-order valence-electron chi connectivity index (χ4n) is 9.15. The van der Waals surface area contributed by atoms with Crippen LogP contribution in [-0.2, 0) is 9.59 Å². The first-order valence-electron chi connectivity index (χ1n) is 21.3. The Hall–Kier alpha value is -5.45. The number of amides is 1. The third-order valence-corrected chi connectivity index (χ3v) is 13.8. The summed E-state index contributed by atoms with van der Waals surface area (Å²) in [5.41, 5.74) is 13.2. The van der Waals surface area contributed by atoms with Crippen LogP contribution in [0.4, 0.5) is 0 Å². The van der Waals surface area contributed by atoms with E-state index in [1.165, 1.54) is 0 Å². The Morgan fingerprint density at radius 3 is 1.77 bits per heavy atom. The monoisotopic (exact) mass is 984 g/mol. The van der Waals surface area contributed by atoms with E-state index in [0.29, 0.717) is 66.9 Å². The van der Waals surface area contributed by atoms with Crippen molar-refractivity contribution in [3.8, 4) is 12.1 Å². The third-order valence-electron chi connectivity index (χ3n) is 12.7. The SMILES string of the molecule is CC1CC(c2cnc3c(C#N)nn([C@H](C)c4ccc(Cl)cc4Cl)c3n2)=CCC1=O.CC1CC(c2cnc3c(C#N)nn([C@H](C)c4ccc(Cl)cc4Cl)c3n2)=CCC1N1CCC[C@H]1C(N)=O.Cl. The number of Topliss-reactive ketones (excluding diaryl/α,β-unsaturated/α-hetero) is 1. The van der Waals surface area contributed by atoms with Gasteiger partial charge in [0, 0.05) is 38.5 Å². The van der Waals surface area contributed by atoms with E-state index in [1.807, 2.05) is 39.0 Å². The average molecular weight is 987 g/mol. The van der Waals surface area contributed by atoms with Gasteiger partial charge < -0.3 is 5.73 Å². The minimum atomic E-state index is -0.284. The summed E-state index contributed by atoms with van der Waals surface area (Å²) in [5.74, 6) is 0.278. The predicted octanol–water partition coefficient (Wildman–Crippen LogP) is 10.2. The number of benzene rings is 2. The number of likely N-dealkylation sites (tertiary alicyclic amines) is 1. The molecule has 66 heavy (non-hydrogen) atoms. The lowest BCUT2D eigenvalue weighted by Crippen LogP contribution is -2.48. The smallest absolute Gasteiger partial charge is 0.234 e. The molecule has 1 aliphatic heterocycles. The standard InChI is InChI=1S/C26H27Cl2N7O.C21H17Cl2N5O.ClH/c1-14-10-16(5-8-22(14)34-9-3-4-23(34)25(30)36)21-13-31-24-20(12-29)33-35(26(24)32-21)15(2)18-7-6-17(27)11-19(18)28;1-11-7-13(3-6-19(11)29)18-10-25-20-17(9-24)27-28(21(20)26-18)12(2)15-5-4-14(22)8-16(15)23;/h5-7,11,13-15,22-23H,3-4,8-10H2,1-2H3,(H2,30,36);3-5,8,10-12H,6-7H2,1-2H3;1H/t14?,15-,22?,23+;11?,12-;/m11./s1. The van der Waals surface area contributed by atoms with Crippen LogP contribution in [0.1, 0.15) is 112 Å². The van der Waals surface area contributed by atoms with Crippen LogP contribution in [-0.4, -0.2) is 74.7 Å². The molecule has 9 rings (SSSR count). The molecule has 14 nitrogen and oxygen atoms in total. The number of carbonyl (C=O) groups is 2. The molecular weight excluding hydrogens is 942 g/mol.